The number of terminal acetylenes is 1. The maximum atomic E-state index is 12.1. The second kappa shape index (κ2) is 6.70. The van der Waals surface area contributed by atoms with Crippen molar-refractivity contribution in [1.82, 2.24) is 10.2 Å². The SMILES string of the molecule is C#CC1CN2CCC1CC2CNC(=O)CC(C)(C)CC(=O)O. The standard InChI is InChI=1S/C17H26N2O3/c1-4-12-11-19-6-5-13(12)7-14(19)10-18-15(20)8-17(2,3)9-16(21)22/h1,12-14H,5-11H2,2-3H3,(H,18,20)(H,21,22). The molecule has 3 saturated heterocycles. The first-order chi connectivity index (χ1) is 10.3. The fourth-order valence-corrected chi connectivity index (χ4v) is 3.74. The van der Waals surface area contributed by atoms with Gasteiger partial charge < -0.3 is 10.4 Å². The molecule has 2 N–H and O–H groups in total. The number of carboxylic acids is 1. The molecule has 3 rings (SSSR count). The molecule has 22 heavy (non-hydrogen) atoms. The van der Waals surface area contributed by atoms with Crippen LogP contribution >= 0.6 is 0 Å². The summed E-state index contributed by atoms with van der Waals surface area (Å²) in [6, 6.07) is 0.370. The average molecular weight is 306 g/mol. The molecule has 3 heterocycles. The maximum absolute atomic E-state index is 12.1. The number of carboxylic acid groups (broad SMARTS) is 1. The number of nitrogens with one attached hydrogen (secondary N) is 1. The number of amides is 1. The second-order valence-corrected chi connectivity index (χ2v) is 7.42. The molecular formula is C17H26N2O3. The molecular weight excluding hydrogens is 280 g/mol. The van der Waals surface area contributed by atoms with Crippen LogP contribution in [0.1, 0.15) is 39.5 Å². The topological polar surface area (TPSA) is 69.6 Å². The molecule has 1 amide bonds. The molecule has 0 radical (unpaired) electrons. The lowest BCUT2D eigenvalue weighted by molar-refractivity contribution is -0.139. The van der Waals surface area contributed by atoms with Crippen LogP contribution in [-0.2, 0) is 9.59 Å². The van der Waals surface area contributed by atoms with Crippen LogP contribution in [0.25, 0.3) is 0 Å². The normalized spacial score (nSPS) is 30.6. The molecule has 3 fully saturated rings. The predicted molar refractivity (Wildman–Crippen MR) is 84.1 cm³/mol. The Morgan fingerprint density at radius 1 is 1.41 bits per heavy atom. The van der Waals surface area contributed by atoms with Crippen molar-refractivity contribution in [3.05, 3.63) is 0 Å². The zero-order chi connectivity index (χ0) is 16.3. The summed E-state index contributed by atoms with van der Waals surface area (Å²) in [5.41, 5.74) is -0.518. The number of carbonyl (C=O) groups is 2. The highest BCUT2D eigenvalue weighted by molar-refractivity contribution is 5.77. The molecule has 0 aromatic rings. The molecule has 0 aromatic heterocycles. The van der Waals surface area contributed by atoms with E-state index in [0.29, 0.717) is 24.4 Å². The maximum Gasteiger partial charge on any atom is 0.303 e. The largest absolute Gasteiger partial charge is 0.481 e. The minimum Gasteiger partial charge on any atom is -0.481 e. The van der Waals surface area contributed by atoms with Crippen molar-refractivity contribution in [3.63, 3.8) is 0 Å². The van der Waals surface area contributed by atoms with Crippen molar-refractivity contribution in [2.24, 2.45) is 17.3 Å². The fourth-order valence-electron chi connectivity index (χ4n) is 3.74. The Hall–Kier alpha value is -1.54. The van der Waals surface area contributed by atoms with Crippen LogP contribution in [0.4, 0.5) is 0 Å². The number of piperidine rings is 3. The Kier molecular flexibility index (Phi) is 5.12. The van der Waals surface area contributed by atoms with Crippen LogP contribution in [0.3, 0.4) is 0 Å². The lowest BCUT2D eigenvalue weighted by atomic mass is 9.76. The molecule has 2 bridgehead atoms. The van der Waals surface area contributed by atoms with Crippen LogP contribution in [0, 0.1) is 29.6 Å². The Morgan fingerprint density at radius 3 is 2.68 bits per heavy atom. The Bertz CT molecular complexity index is 481. The summed E-state index contributed by atoms with van der Waals surface area (Å²) in [6.07, 6.45) is 8.02. The first-order valence-electron chi connectivity index (χ1n) is 7.99. The van der Waals surface area contributed by atoms with Gasteiger partial charge in [0, 0.05) is 31.5 Å². The molecule has 4 unspecified atom stereocenters. The third kappa shape index (κ3) is 4.23. The van der Waals surface area contributed by atoms with Gasteiger partial charge in [-0.25, -0.2) is 0 Å². The van der Waals surface area contributed by atoms with E-state index in [9.17, 15) is 9.59 Å². The molecule has 122 valence electrons. The molecule has 5 heteroatoms. The van der Waals surface area contributed by atoms with Crippen LogP contribution in [-0.4, -0.2) is 47.6 Å². The van der Waals surface area contributed by atoms with E-state index in [-0.39, 0.29) is 18.7 Å². The van der Waals surface area contributed by atoms with Gasteiger partial charge in [0.05, 0.1) is 6.42 Å². The van der Waals surface area contributed by atoms with E-state index in [0.717, 1.165) is 25.9 Å². The molecule has 3 aliphatic rings. The van der Waals surface area contributed by atoms with Gasteiger partial charge in [0.2, 0.25) is 5.91 Å². The van der Waals surface area contributed by atoms with Crippen molar-refractivity contribution in [2.45, 2.75) is 45.6 Å². The molecule has 0 spiro atoms. The van der Waals surface area contributed by atoms with E-state index in [1.165, 1.54) is 0 Å². The second-order valence-electron chi connectivity index (χ2n) is 7.42. The molecule has 0 saturated carbocycles. The van der Waals surface area contributed by atoms with Gasteiger partial charge in [0.25, 0.3) is 0 Å². The zero-order valence-electron chi connectivity index (χ0n) is 13.5. The summed E-state index contributed by atoms with van der Waals surface area (Å²) in [5.74, 6) is 2.89. The third-order valence-electron chi connectivity index (χ3n) is 4.90. The van der Waals surface area contributed by atoms with E-state index < -0.39 is 11.4 Å². The minimum atomic E-state index is -0.867. The van der Waals surface area contributed by atoms with Gasteiger partial charge in [0.1, 0.15) is 0 Å². The fraction of sp³-hybridized carbons (Fsp3) is 0.765. The first-order valence-corrected chi connectivity index (χ1v) is 7.99. The predicted octanol–water partition coefficient (Wildman–Crippen LogP) is 1.34. The van der Waals surface area contributed by atoms with Gasteiger partial charge in [-0.1, -0.05) is 13.8 Å². The molecule has 4 atom stereocenters. The smallest absolute Gasteiger partial charge is 0.303 e. The Labute approximate surface area is 132 Å². The van der Waals surface area contributed by atoms with E-state index in [1.54, 1.807) is 0 Å². The van der Waals surface area contributed by atoms with Crippen molar-refractivity contribution in [2.75, 3.05) is 19.6 Å². The van der Waals surface area contributed by atoms with Gasteiger partial charge in [-0.15, -0.1) is 12.3 Å². The summed E-state index contributed by atoms with van der Waals surface area (Å²) in [4.78, 5) is 25.2. The van der Waals surface area contributed by atoms with E-state index in [2.05, 4.69) is 16.1 Å². The monoisotopic (exact) mass is 306 g/mol. The van der Waals surface area contributed by atoms with Gasteiger partial charge in [-0.05, 0) is 30.7 Å². The number of aliphatic carboxylic acids is 1. The van der Waals surface area contributed by atoms with Crippen LogP contribution in [0.15, 0.2) is 0 Å². The highest BCUT2D eigenvalue weighted by atomic mass is 16.4. The minimum absolute atomic E-state index is 0.00188. The lowest BCUT2D eigenvalue weighted by Crippen LogP contribution is -2.56. The van der Waals surface area contributed by atoms with Crippen molar-refractivity contribution < 1.29 is 14.7 Å². The highest BCUT2D eigenvalue weighted by Crippen LogP contribution is 2.35. The lowest BCUT2D eigenvalue weighted by Gasteiger charge is -2.48. The number of fused-ring (bicyclic) bond motifs is 3. The third-order valence-corrected chi connectivity index (χ3v) is 4.90. The zero-order valence-corrected chi connectivity index (χ0v) is 13.5. The molecule has 5 nitrogen and oxygen atoms in total. The van der Waals surface area contributed by atoms with Crippen LogP contribution < -0.4 is 5.32 Å². The van der Waals surface area contributed by atoms with Gasteiger partial charge in [0.15, 0.2) is 0 Å². The average Bonchev–Trinajstić information content (AvgIpc) is 2.43. The summed E-state index contributed by atoms with van der Waals surface area (Å²) in [6.45, 7) is 6.25. The van der Waals surface area contributed by atoms with Crippen LogP contribution in [0.2, 0.25) is 0 Å². The molecule has 3 aliphatic heterocycles. The number of carbonyl (C=O) groups excluding carboxylic acids is 1. The van der Waals surface area contributed by atoms with Crippen molar-refractivity contribution in [3.8, 4) is 12.3 Å². The van der Waals surface area contributed by atoms with E-state index in [1.807, 2.05) is 13.8 Å². The van der Waals surface area contributed by atoms with E-state index in [4.69, 9.17) is 11.5 Å². The summed E-state index contributed by atoms with van der Waals surface area (Å²) in [5, 5.41) is 11.8. The quantitative estimate of drug-likeness (QED) is 0.727. The number of rotatable bonds is 6. The Balaban J connectivity index is 1.78. The number of hydrogen-bond donors (Lipinski definition) is 2. The molecule has 0 aliphatic carbocycles. The van der Waals surface area contributed by atoms with Gasteiger partial charge >= 0.3 is 5.97 Å². The number of hydrogen-bond acceptors (Lipinski definition) is 3. The van der Waals surface area contributed by atoms with Crippen molar-refractivity contribution >= 4 is 11.9 Å². The van der Waals surface area contributed by atoms with Gasteiger partial charge in [-0.2, -0.15) is 0 Å². The van der Waals surface area contributed by atoms with Gasteiger partial charge in [-0.3, -0.25) is 14.5 Å². The summed E-state index contributed by atoms with van der Waals surface area (Å²) < 4.78 is 0. The van der Waals surface area contributed by atoms with Crippen molar-refractivity contribution in [1.29, 1.82) is 0 Å². The Morgan fingerprint density at radius 2 is 2.14 bits per heavy atom. The van der Waals surface area contributed by atoms with Crippen LogP contribution in [0.5, 0.6) is 0 Å². The highest BCUT2D eigenvalue weighted by Gasteiger charge is 2.39. The number of nitrogens with zero attached hydrogens (tertiary/aromatic N) is 1. The summed E-state index contributed by atoms with van der Waals surface area (Å²) in [7, 11) is 0. The van der Waals surface area contributed by atoms with E-state index >= 15 is 0 Å². The summed E-state index contributed by atoms with van der Waals surface area (Å²) >= 11 is 0. The first kappa shape index (κ1) is 16.8. The molecule has 0 aromatic carbocycles.